The zero-order valence-corrected chi connectivity index (χ0v) is 11.4. The van der Waals surface area contributed by atoms with Crippen molar-refractivity contribution in [2.24, 2.45) is 0 Å². The third-order valence-corrected chi connectivity index (χ3v) is 3.12. The highest BCUT2D eigenvalue weighted by Crippen LogP contribution is 2.33. The maximum Gasteiger partial charge on any atom is 0.169 e. The molecule has 0 atom stereocenters. The van der Waals surface area contributed by atoms with E-state index in [4.69, 9.17) is 22.1 Å². The van der Waals surface area contributed by atoms with E-state index in [9.17, 15) is 4.39 Å². The molecule has 3 nitrogen and oxygen atoms in total. The van der Waals surface area contributed by atoms with Crippen molar-refractivity contribution in [2.45, 2.75) is 0 Å². The Balaban J connectivity index is 2.37. The number of nitrogens with two attached hydrogens (primary N) is 1. The molecule has 2 N–H and O–H groups in total. The Morgan fingerprint density at radius 3 is 2.82 bits per heavy atom. The van der Waals surface area contributed by atoms with Gasteiger partial charge in [0.25, 0.3) is 0 Å². The number of halogens is 3. The zero-order valence-electron chi connectivity index (χ0n) is 8.45. The van der Waals surface area contributed by atoms with Crippen LogP contribution in [-0.4, -0.2) is 4.98 Å². The van der Waals surface area contributed by atoms with E-state index in [0.29, 0.717) is 15.1 Å². The van der Waals surface area contributed by atoms with Gasteiger partial charge in [-0.15, -0.1) is 0 Å². The first kappa shape index (κ1) is 12.4. The van der Waals surface area contributed by atoms with E-state index in [0.717, 1.165) is 0 Å². The van der Waals surface area contributed by atoms with Gasteiger partial charge in [0.05, 0.1) is 8.59 Å². The lowest BCUT2D eigenvalue weighted by atomic mass is 10.3. The van der Waals surface area contributed by atoms with Gasteiger partial charge < -0.3 is 10.5 Å². The molecule has 0 saturated carbocycles. The van der Waals surface area contributed by atoms with Crippen LogP contribution in [0.5, 0.6) is 11.5 Å². The predicted octanol–water partition coefficient (Wildman–Crippen LogP) is 3.85. The summed E-state index contributed by atoms with van der Waals surface area (Å²) in [5.41, 5.74) is 5.63. The van der Waals surface area contributed by atoms with Gasteiger partial charge >= 0.3 is 0 Å². The van der Waals surface area contributed by atoms with Crippen molar-refractivity contribution < 1.29 is 9.13 Å². The summed E-state index contributed by atoms with van der Waals surface area (Å²) in [6.07, 6.45) is 1.55. The van der Waals surface area contributed by atoms with E-state index in [1.54, 1.807) is 18.3 Å². The van der Waals surface area contributed by atoms with Crippen LogP contribution in [-0.2, 0) is 0 Å². The van der Waals surface area contributed by atoms with Crippen molar-refractivity contribution in [1.29, 1.82) is 0 Å². The van der Waals surface area contributed by atoms with Gasteiger partial charge in [-0.3, -0.25) is 0 Å². The van der Waals surface area contributed by atoms with Crippen molar-refractivity contribution in [3.8, 4) is 11.5 Å². The molecule has 0 aliphatic carbocycles. The van der Waals surface area contributed by atoms with Gasteiger partial charge in [0.2, 0.25) is 0 Å². The SMILES string of the molecule is Nc1ncccc1Oc1cc(I)c(F)cc1Cl. The van der Waals surface area contributed by atoms with E-state index in [-0.39, 0.29) is 16.7 Å². The molecule has 17 heavy (non-hydrogen) atoms. The first-order chi connectivity index (χ1) is 8.08. The molecular formula is C11H7ClFIN2O. The van der Waals surface area contributed by atoms with Gasteiger partial charge in [-0.2, -0.15) is 0 Å². The molecule has 6 heteroatoms. The number of anilines is 1. The molecule has 1 heterocycles. The van der Waals surface area contributed by atoms with E-state index in [1.165, 1.54) is 12.1 Å². The Morgan fingerprint density at radius 1 is 1.35 bits per heavy atom. The predicted molar refractivity (Wildman–Crippen MR) is 72.9 cm³/mol. The largest absolute Gasteiger partial charge is 0.452 e. The lowest BCUT2D eigenvalue weighted by molar-refractivity contribution is 0.480. The third-order valence-electron chi connectivity index (χ3n) is 1.99. The molecule has 0 radical (unpaired) electrons. The number of ether oxygens (including phenoxy) is 1. The third kappa shape index (κ3) is 2.78. The number of nitrogen functional groups attached to an aromatic ring is 1. The summed E-state index contributed by atoms with van der Waals surface area (Å²) in [5, 5.41) is 0.186. The summed E-state index contributed by atoms with van der Waals surface area (Å²) in [5.74, 6) is 0.596. The molecule has 0 bridgehead atoms. The summed E-state index contributed by atoms with van der Waals surface area (Å²) >= 11 is 7.73. The number of hydrogen-bond acceptors (Lipinski definition) is 3. The quantitative estimate of drug-likeness (QED) is 0.650. The molecule has 1 aromatic carbocycles. The first-order valence-corrected chi connectivity index (χ1v) is 6.06. The van der Waals surface area contributed by atoms with Crippen LogP contribution in [0.3, 0.4) is 0 Å². The Labute approximate surface area is 116 Å². The standard InChI is InChI=1S/C11H7ClFIN2O/c12-6-4-7(13)8(14)5-10(6)17-9-2-1-3-16-11(9)15/h1-5H,(H2,15,16). The summed E-state index contributed by atoms with van der Waals surface area (Å²) in [4.78, 5) is 3.88. The minimum absolute atomic E-state index is 0.186. The molecule has 2 rings (SSSR count). The van der Waals surface area contributed by atoms with Crippen LogP contribution in [0.1, 0.15) is 0 Å². The molecular weight excluding hydrogens is 357 g/mol. The Morgan fingerprint density at radius 2 is 2.12 bits per heavy atom. The minimum Gasteiger partial charge on any atom is -0.452 e. The average molecular weight is 365 g/mol. The van der Waals surface area contributed by atoms with Crippen molar-refractivity contribution in [3.63, 3.8) is 0 Å². The van der Waals surface area contributed by atoms with Gasteiger partial charge in [0.15, 0.2) is 11.6 Å². The van der Waals surface area contributed by atoms with Gasteiger partial charge in [-0.25, -0.2) is 9.37 Å². The van der Waals surface area contributed by atoms with Gasteiger partial charge in [0.1, 0.15) is 11.6 Å². The average Bonchev–Trinajstić information content (AvgIpc) is 2.29. The van der Waals surface area contributed by atoms with Gasteiger partial charge in [-0.05, 0) is 46.9 Å². The van der Waals surface area contributed by atoms with Crippen molar-refractivity contribution in [2.75, 3.05) is 5.73 Å². The molecule has 88 valence electrons. The van der Waals surface area contributed by atoms with Crippen LogP contribution in [0.15, 0.2) is 30.5 Å². The van der Waals surface area contributed by atoms with Crippen LogP contribution in [0.4, 0.5) is 10.2 Å². The molecule has 0 saturated heterocycles. The normalized spacial score (nSPS) is 10.3. The number of rotatable bonds is 2. The maximum absolute atomic E-state index is 13.2. The monoisotopic (exact) mass is 364 g/mol. The first-order valence-electron chi connectivity index (χ1n) is 4.61. The fourth-order valence-electron chi connectivity index (χ4n) is 1.19. The zero-order chi connectivity index (χ0) is 12.4. The number of pyridine rings is 1. The Bertz CT molecular complexity index is 565. The van der Waals surface area contributed by atoms with Crippen molar-refractivity contribution in [3.05, 3.63) is 44.9 Å². The molecule has 1 aromatic heterocycles. The molecule has 0 aliphatic heterocycles. The Kier molecular flexibility index (Phi) is 3.68. The van der Waals surface area contributed by atoms with E-state index >= 15 is 0 Å². The number of benzene rings is 1. The van der Waals surface area contributed by atoms with E-state index in [1.807, 2.05) is 22.6 Å². The molecule has 0 fully saturated rings. The summed E-state index contributed by atoms with van der Waals surface area (Å²) in [6.45, 7) is 0. The molecule has 0 amide bonds. The fraction of sp³-hybridized carbons (Fsp3) is 0. The highest BCUT2D eigenvalue weighted by atomic mass is 127. The second kappa shape index (κ2) is 5.05. The van der Waals surface area contributed by atoms with Crippen LogP contribution < -0.4 is 10.5 Å². The minimum atomic E-state index is -0.387. The highest BCUT2D eigenvalue weighted by Gasteiger charge is 2.10. The summed E-state index contributed by atoms with van der Waals surface area (Å²) in [7, 11) is 0. The van der Waals surface area contributed by atoms with Gasteiger partial charge in [-0.1, -0.05) is 11.6 Å². The lowest BCUT2D eigenvalue weighted by Crippen LogP contribution is -1.95. The summed E-state index contributed by atoms with van der Waals surface area (Å²) < 4.78 is 19.1. The fourth-order valence-corrected chi connectivity index (χ4v) is 1.82. The second-order valence-corrected chi connectivity index (χ2v) is 4.75. The smallest absolute Gasteiger partial charge is 0.169 e. The van der Waals surface area contributed by atoms with E-state index < -0.39 is 0 Å². The molecule has 0 spiro atoms. The highest BCUT2D eigenvalue weighted by molar-refractivity contribution is 14.1. The Hall–Kier alpha value is -1.08. The number of hydrogen-bond donors (Lipinski definition) is 1. The lowest BCUT2D eigenvalue weighted by Gasteiger charge is -2.09. The molecule has 0 aliphatic rings. The summed E-state index contributed by atoms with van der Waals surface area (Å²) in [6, 6.07) is 6.05. The van der Waals surface area contributed by atoms with Crippen LogP contribution in [0.2, 0.25) is 5.02 Å². The number of nitrogens with zero attached hydrogens (tertiary/aromatic N) is 1. The van der Waals surface area contributed by atoms with Crippen LogP contribution in [0, 0.1) is 9.39 Å². The van der Waals surface area contributed by atoms with Crippen LogP contribution >= 0.6 is 34.2 Å². The van der Waals surface area contributed by atoms with Gasteiger partial charge in [0, 0.05) is 6.20 Å². The maximum atomic E-state index is 13.2. The van der Waals surface area contributed by atoms with E-state index in [2.05, 4.69) is 4.98 Å². The second-order valence-electron chi connectivity index (χ2n) is 3.19. The molecule has 2 aromatic rings. The number of aromatic nitrogens is 1. The van der Waals surface area contributed by atoms with Crippen LogP contribution in [0.25, 0.3) is 0 Å². The van der Waals surface area contributed by atoms with Crippen molar-refractivity contribution in [1.82, 2.24) is 4.98 Å². The topological polar surface area (TPSA) is 48.1 Å². The molecule has 0 unspecified atom stereocenters. The van der Waals surface area contributed by atoms with Crippen molar-refractivity contribution >= 4 is 40.0 Å².